The molecule has 148 valence electrons. The van der Waals surface area contributed by atoms with E-state index in [0.29, 0.717) is 0 Å². The monoisotopic (exact) mass is 383 g/mol. The summed E-state index contributed by atoms with van der Waals surface area (Å²) in [5.41, 5.74) is 5.75. The molecule has 0 unspecified atom stereocenters. The maximum Gasteiger partial charge on any atom is 0.244 e. The van der Waals surface area contributed by atoms with Gasteiger partial charge in [0.2, 0.25) is 5.91 Å². The van der Waals surface area contributed by atoms with Crippen LogP contribution in [0.15, 0.2) is 84.9 Å². The van der Waals surface area contributed by atoms with Gasteiger partial charge in [-0.05, 0) is 46.2 Å². The first-order valence-electron chi connectivity index (χ1n) is 10.0. The van der Waals surface area contributed by atoms with Gasteiger partial charge in [-0.2, -0.15) is 0 Å². The molecule has 3 aromatic carbocycles. The zero-order chi connectivity index (χ0) is 20.9. The minimum Gasteiger partial charge on any atom is -0.342 e. The lowest BCUT2D eigenvalue weighted by Crippen LogP contribution is -2.28. The van der Waals surface area contributed by atoms with E-state index in [0.717, 1.165) is 22.3 Å². The van der Waals surface area contributed by atoms with Crippen molar-refractivity contribution in [3.63, 3.8) is 0 Å². The summed E-state index contributed by atoms with van der Waals surface area (Å²) in [7, 11) is 0. The number of amides is 1. The van der Waals surface area contributed by atoms with Gasteiger partial charge >= 0.3 is 0 Å². The summed E-state index contributed by atoms with van der Waals surface area (Å²) < 4.78 is 0. The van der Waals surface area contributed by atoms with E-state index >= 15 is 0 Å². The van der Waals surface area contributed by atoms with E-state index in [1.807, 2.05) is 48.5 Å². The SMILES string of the molecule is Cc1ccccc1[C@H](NC(=O)/C=C/c1ccc(C(C)(C)C)cc1)c1ccccc1. The Kier molecular flexibility index (Phi) is 6.33. The van der Waals surface area contributed by atoms with Crippen LogP contribution in [0.25, 0.3) is 6.08 Å². The highest BCUT2D eigenvalue weighted by atomic mass is 16.1. The van der Waals surface area contributed by atoms with E-state index in [1.165, 1.54) is 5.56 Å². The van der Waals surface area contributed by atoms with Crippen LogP contribution in [0.4, 0.5) is 0 Å². The Bertz CT molecular complexity index is 979. The fraction of sp³-hybridized carbons (Fsp3) is 0.222. The number of nitrogens with one attached hydrogen (secondary N) is 1. The van der Waals surface area contributed by atoms with Gasteiger partial charge in [-0.15, -0.1) is 0 Å². The Morgan fingerprint density at radius 3 is 2.10 bits per heavy atom. The zero-order valence-electron chi connectivity index (χ0n) is 17.6. The summed E-state index contributed by atoms with van der Waals surface area (Å²) in [6.45, 7) is 8.66. The predicted molar refractivity (Wildman–Crippen MR) is 122 cm³/mol. The second kappa shape index (κ2) is 8.91. The van der Waals surface area contributed by atoms with Crippen LogP contribution in [0, 0.1) is 6.92 Å². The van der Waals surface area contributed by atoms with Gasteiger partial charge < -0.3 is 5.32 Å². The van der Waals surface area contributed by atoms with Crippen LogP contribution in [-0.4, -0.2) is 5.91 Å². The lowest BCUT2D eigenvalue weighted by Gasteiger charge is -2.21. The number of aryl methyl sites for hydroxylation is 1. The summed E-state index contributed by atoms with van der Waals surface area (Å²) >= 11 is 0. The Morgan fingerprint density at radius 1 is 0.862 bits per heavy atom. The fourth-order valence-electron chi connectivity index (χ4n) is 3.35. The van der Waals surface area contributed by atoms with E-state index in [2.05, 4.69) is 69.4 Å². The number of carbonyl (C=O) groups excluding carboxylic acids is 1. The van der Waals surface area contributed by atoms with Gasteiger partial charge in [-0.3, -0.25) is 4.79 Å². The largest absolute Gasteiger partial charge is 0.342 e. The highest BCUT2D eigenvalue weighted by Crippen LogP contribution is 2.25. The van der Waals surface area contributed by atoms with Gasteiger partial charge in [0.05, 0.1) is 6.04 Å². The molecule has 0 heterocycles. The van der Waals surface area contributed by atoms with Crippen molar-refractivity contribution in [3.8, 4) is 0 Å². The Morgan fingerprint density at radius 2 is 1.48 bits per heavy atom. The van der Waals surface area contributed by atoms with Crippen molar-refractivity contribution < 1.29 is 4.79 Å². The van der Waals surface area contributed by atoms with Gasteiger partial charge in [0.1, 0.15) is 0 Å². The van der Waals surface area contributed by atoms with Crippen LogP contribution in [0.2, 0.25) is 0 Å². The Hall–Kier alpha value is -3.13. The first-order chi connectivity index (χ1) is 13.8. The molecule has 2 heteroatoms. The van der Waals surface area contributed by atoms with E-state index in [4.69, 9.17) is 0 Å². The number of hydrogen-bond donors (Lipinski definition) is 1. The molecule has 0 radical (unpaired) electrons. The third kappa shape index (κ3) is 5.45. The van der Waals surface area contributed by atoms with Gasteiger partial charge in [0.15, 0.2) is 0 Å². The molecule has 0 fully saturated rings. The minimum absolute atomic E-state index is 0.109. The topological polar surface area (TPSA) is 29.1 Å². The maximum absolute atomic E-state index is 12.7. The van der Waals surface area contributed by atoms with E-state index in [9.17, 15) is 4.79 Å². The van der Waals surface area contributed by atoms with Crippen molar-refractivity contribution in [2.45, 2.75) is 39.2 Å². The van der Waals surface area contributed by atoms with Crippen LogP contribution in [0.1, 0.15) is 54.6 Å². The van der Waals surface area contributed by atoms with Gasteiger partial charge in [0, 0.05) is 6.08 Å². The number of benzene rings is 3. The highest BCUT2D eigenvalue weighted by molar-refractivity contribution is 5.92. The zero-order valence-corrected chi connectivity index (χ0v) is 17.6. The first-order valence-corrected chi connectivity index (χ1v) is 10.0. The van der Waals surface area contributed by atoms with Gasteiger partial charge in [-0.25, -0.2) is 0 Å². The minimum atomic E-state index is -0.183. The highest BCUT2D eigenvalue weighted by Gasteiger charge is 2.17. The summed E-state index contributed by atoms with van der Waals surface area (Å²) in [5, 5.41) is 3.17. The summed E-state index contributed by atoms with van der Waals surface area (Å²) in [4.78, 5) is 12.7. The standard InChI is InChI=1S/C27H29NO/c1-20-10-8-9-13-24(20)26(22-11-6-5-7-12-22)28-25(29)19-16-21-14-17-23(18-15-21)27(2,3)4/h5-19,26H,1-4H3,(H,28,29)/b19-16+/t26-/m1/s1. The molecular formula is C27H29NO. The molecule has 3 aromatic rings. The van der Waals surface area contributed by atoms with Crippen molar-refractivity contribution in [3.05, 3.63) is 113 Å². The fourth-order valence-corrected chi connectivity index (χ4v) is 3.35. The Labute approximate surface area is 174 Å². The molecular weight excluding hydrogens is 354 g/mol. The lowest BCUT2D eigenvalue weighted by atomic mass is 9.87. The van der Waals surface area contributed by atoms with Crippen LogP contribution in [0.5, 0.6) is 0 Å². The predicted octanol–water partition coefficient (Wildman–Crippen LogP) is 6.21. The molecule has 2 nitrogen and oxygen atoms in total. The van der Waals surface area contributed by atoms with Crippen molar-refractivity contribution in [1.29, 1.82) is 0 Å². The molecule has 0 spiro atoms. The van der Waals surface area contributed by atoms with E-state index in [-0.39, 0.29) is 17.4 Å². The molecule has 1 atom stereocenters. The molecule has 0 saturated carbocycles. The molecule has 0 aliphatic carbocycles. The smallest absolute Gasteiger partial charge is 0.244 e. The van der Waals surface area contributed by atoms with Crippen molar-refractivity contribution in [2.75, 3.05) is 0 Å². The van der Waals surface area contributed by atoms with Crippen LogP contribution >= 0.6 is 0 Å². The van der Waals surface area contributed by atoms with Crippen LogP contribution in [0.3, 0.4) is 0 Å². The molecule has 0 aromatic heterocycles. The summed E-state index contributed by atoms with van der Waals surface area (Å²) in [5.74, 6) is -0.109. The quantitative estimate of drug-likeness (QED) is 0.521. The third-order valence-electron chi connectivity index (χ3n) is 5.12. The lowest BCUT2D eigenvalue weighted by molar-refractivity contribution is -0.116. The second-order valence-electron chi connectivity index (χ2n) is 8.41. The number of rotatable bonds is 5. The number of hydrogen-bond acceptors (Lipinski definition) is 1. The van der Waals surface area contributed by atoms with Gasteiger partial charge in [0.25, 0.3) is 0 Å². The number of carbonyl (C=O) groups is 1. The van der Waals surface area contributed by atoms with E-state index in [1.54, 1.807) is 6.08 Å². The second-order valence-corrected chi connectivity index (χ2v) is 8.41. The molecule has 0 aliphatic heterocycles. The summed E-state index contributed by atoms with van der Waals surface area (Å²) in [6.07, 6.45) is 3.47. The molecule has 0 saturated heterocycles. The van der Waals surface area contributed by atoms with Crippen LogP contribution in [-0.2, 0) is 10.2 Å². The molecule has 29 heavy (non-hydrogen) atoms. The molecule has 3 rings (SSSR count). The Balaban J connectivity index is 1.78. The van der Waals surface area contributed by atoms with Crippen molar-refractivity contribution in [2.24, 2.45) is 0 Å². The molecule has 0 aliphatic rings. The van der Waals surface area contributed by atoms with Crippen molar-refractivity contribution >= 4 is 12.0 Å². The first kappa shape index (κ1) is 20.6. The molecule has 1 N–H and O–H groups in total. The molecule has 1 amide bonds. The summed E-state index contributed by atoms with van der Waals surface area (Å²) in [6, 6.07) is 26.4. The van der Waals surface area contributed by atoms with Gasteiger partial charge in [-0.1, -0.05) is 99.6 Å². The molecule has 0 bridgehead atoms. The van der Waals surface area contributed by atoms with Crippen LogP contribution < -0.4 is 5.32 Å². The third-order valence-corrected chi connectivity index (χ3v) is 5.12. The average Bonchev–Trinajstić information content (AvgIpc) is 2.71. The van der Waals surface area contributed by atoms with Crippen molar-refractivity contribution in [1.82, 2.24) is 5.32 Å². The van der Waals surface area contributed by atoms with E-state index < -0.39 is 0 Å². The maximum atomic E-state index is 12.7. The normalized spacial score (nSPS) is 12.7. The average molecular weight is 384 g/mol.